The highest BCUT2D eigenvalue weighted by Gasteiger charge is 2.65. The number of rotatable bonds is 9. The molecule has 3 aromatic heterocycles. The molecule has 0 bridgehead atoms. The standard InChI is InChI=1S/C40H42F5N9O4S/c1-25-22-31(37(55)48-29-14-16-30(17-15-29)59(41,42,43,44)45)53-33(25)34(39(57)54-40(53)49-36(50-54)28-12-8-3-4-9-13-28)51-18-20-52(21-19-51)38(56)32-35(26(2)46-24-47-32)58-23-27-10-6-5-7-11-27/h5-7,10-12,14-17,24-25,31H,3-4,8-9,13,18-23H2,1-2H3,(H,48,55)/t25-,31-/m0/s1. The second-order valence-electron chi connectivity index (χ2n) is 15.2. The molecule has 2 amide bonds. The fourth-order valence-corrected chi connectivity index (χ4v) is 8.70. The van der Waals surface area contributed by atoms with Gasteiger partial charge in [0.1, 0.15) is 29.6 Å². The summed E-state index contributed by atoms with van der Waals surface area (Å²) in [6.07, 6.45) is 8.07. The number of aromatic nitrogens is 6. The predicted molar refractivity (Wildman–Crippen MR) is 213 cm³/mol. The van der Waals surface area contributed by atoms with Crippen molar-refractivity contribution in [3.05, 3.63) is 106 Å². The maximum Gasteiger partial charge on any atom is 0.310 e. The van der Waals surface area contributed by atoms with Gasteiger partial charge in [0.25, 0.3) is 11.5 Å². The number of allylic oxidation sites excluding steroid dienone is 2. The topological polar surface area (TPSA) is 140 Å². The van der Waals surface area contributed by atoms with Crippen LogP contribution in [-0.2, 0) is 11.4 Å². The number of carbonyl (C=O) groups is 2. The number of hydrogen-bond acceptors (Lipinski definition) is 9. The Kier molecular flexibility index (Phi) is 9.79. The summed E-state index contributed by atoms with van der Waals surface area (Å²) in [4.78, 5) is 57.3. The molecule has 1 saturated heterocycles. The highest BCUT2D eigenvalue weighted by molar-refractivity contribution is 8.45. The van der Waals surface area contributed by atoms with Crippen LogP contribution in [0.4, 0.5) is 30.8 Å². The van der Waals surface area contributed by atoms with Crippen LogP contribution < -0.4 is 20.5 Å². The molecule has 59 heavy (non-hydrogen) atoms. The Balaban J connectivity index is 1.10. The zero-order valence-electron chi connectivity index (χ0n) is 32.3. The van der Waals surface area contributed by atoms with E-state index in [2.05, 4.69) is 26.5 Å². The molecule has 0 radical (unpaired) electrons. The van der Waals surface area contributed by atoms with E-state index in [1.807, 2.05) is 42.2 Å². The summed E-state index contributed by atoms with van der Waals surface area (Å²) in [7, 11) is -9.93. The molecule has 5 aromatic rings. The number of halogens is 5. The summed E-state index contributed by atoms with van der Waals surface area (Å²) in [5, 5.41) is 7.26. The van der Waals surface area contributed by atoms with Gasteiger partial charge in [0.15, 0.2) is 17.3 Å². The molecular formula is C40H42F5N9O4S. The third kappa shape index (κ3) is 7.99. The van der Waals surface area contributed by atoms with Gasteiger partial charge in [0.05, 0.1) is 11.4 Å². The molecule has 2 atom stereocenters. The average Bonchev–Trinajstić information content (AvgIpc) is 3.68. The van der Waals surface area contributed by atoms with Gasteiger partial charge < -0.3 is 19.9 Å². The van der Waals surface area contributed by atoms with Gasteiger partial charge in [-0.3, -0.25) is 19.0 Å². The molecule has 0 unspecified atom stereocenters. The van der Waals surface area contributed by atoms with Gasteiger partial charge in [-0.25, -0.2) is 9.97 Å². The van der Waals surface area contributed by atoms with Crippen LogP contribution in [0, 0.1) is 6.92 Å². The zero-order chi connectivity index (χ0) is 41.8. The molecule has 13 nitrogen and oxygen atoms in total. The van der Waals surface area contributed by atoms with Crippen molar-refractivity contribution in [2.45, 2.75) is 75.8 Å². The first-order valence-electron chi connectivity index (χ1n) is 19.4. The third-order valence-corrected chi connectivity index (χ3v) is 12.2. The van der Waals surface area contributed by atoms with Gasteiger partial charge in [-0.15, -0.1) is 5.10 Å². The number of fused-ring (bicyclic) bond motifs is 3. The molecule has 312 valence electrons. The number of amides is 2. The van der Waals surface area contributed by atoms with Crippen LogP contribution in [0.15, 0.2) is 76.7 Å². The van der Waals surface area contributed by atoms with Crippen molar-refractivity contribution in [2.24, 2.45) is 0 Å². The predicted octanol–water partition coefficient (Wildman–Crippen LogP) is 8.22. The normalized spacial score (nSPS) is 19.7. The number of anilines is 2. The zero-order valence-corrected chi connectivity index (χ0v) is 33.1. The summed E-state index contributed by atoms with van der Waals surface area (Å²) in [6, 6.07) is 10.6. The third-order valence-electron chi connectivity index (χ3n) is 11.0. The van der Waals surface area contributed by atoms with Gasteiger partial charge in [-0.05, 0) is 74.4 Å². The van der Waals surface area contributed by atoms with Crippen molar-refractivity contribution in [2.75, 3.05) is 36.4 Å². The summed E-state index contributed by atoms with van der Waals surface area (Å²) >= 11 is 0. The lowest BCUT2D eigenvalue weighted by Crippen LogP contribution is -2.51. The van der Waals surface area contributed by atoms with Gasteiger partial charge in [-0.1, -0.05) is 69.2 Å². The maximum absolute atomic E-state index is 14.6. The van der Waals surface area contributed by atoms with Gasteiger partial charge in [0.2, 0.25) is 11.7 Å². The summed E-state index contributed by atoms with van der Waals surface area (Å²) in [5.74, 6) is -0.588. The number of piperazine rings is 1. The SMILES string of the molecule is Cc1ncnc(C(=O)N2CCN(c3c4n(c5nc(C6=CCCCCC6)nn5c3=O)[C@H](C(=O)Nc3ccc(S(F)(F)(F)(F)F)cc3)C[C@@H]4C)CC2)c1OCc1ccccc1. The fraction of sp³-hybridized carbons (Fsp3) is 0.375. The first-order valence-corrected chi connectivity index (χ1v) is 21.3. The maximum atomic E-state index is 14.6. The number of aryl methyl sites for hydroxylation is 1. The van der Waals surface area contributed by atoms with Crippen LogP contribution in [0.5, 0.6) is 5.75 Å². The molecule has 8 rings (SSSR count). The van der Waals surface area contributed by atoms with Crippen LogP contribution in [0.1, 0.15) is 90.7 Å². The minimum absolute atomic E-state index is 0.113. The van der Waals surface area contributed by atoms with Crippen LogP contribution in [-0.4, -0.2) is 72.0 Å². The summed E-state index contributed by atoms with van der Waals surface area (Å²) in [5.41, 5.74) is 2.69. The van der Waals surface area contributed by atoms with Crippen molar-refractivity contribution in [3.8, 4) is 5.75 Å². The lowest BCUT2D eigenvalue weighted by atomic mass is 10.0. The van der Waals surface area contributed by atoms with E-state index in [1.165, 1.54) is 10.8 Å². The number of ether oxygens (including phenoxy) is 1. The van der Waals surface area contributed by atoms with E-state index in [1.54, 1.807) is 16.4 Å². The average molecular weight is 840 g/mol. The Morgan fingerprint density at radius 3 is 2.37 bits per heavy atom. The van der Waals surface area contributed by atoms with Crippen molar-refractivity contribution in [1.82, 2.24) is 34.0 Å². The second-order valence-corrected chi connectivity index (χ2v) is 17.6. The van der Waals surface area contributed by atoms with Gasteiger partial charge in [0, 0.05) is 37.8 Å². The van der Waals surface area contributed by atoms with Crippen molar-refractivity contribution in [1.29, 1.82) is 0 Å². The number of nitrogens with one attached hydrogen (secondary N) is 1. The molecule has 0 saturated carbocycles. The van der Waals surface area contributed by atoms with Crippen molar-refractivity contribution >= 4 is 44.8 Å². The lowest BCUT2D eigenvalue weighted by Gasteiger charge is -2.40. The molecule has 2 aromatic carbocycles. The van der Waals surface area contributed by atoms with Crippen LogP contribution in [0.3, 0.4) is 0 Å². The van der Waals surface area contributed by atoms with Crippen LogP contribution in [0.25, 0.3) is 11.4 Å². The smallest absolute Gasteiger partial charge is 0.310 e. The number of carbonyl (C=O) groups excluding carboxylic acids is 2. The number of nitrogens with zero attached hydrogens (tertiary/aromatic N) is 8. The Morgan fingerprint density at radius 1 is 0.932 bits per heavy atom. The largest absolute Gasteiger partial charge is 0.485 e. The van der Waals surface area contributed by atoms with Gasteiger partial charge >= 0.3 is 10.2 Å². The molecule has 0 spiro atoms. The Morgan fingerprint density at radius 2 is 1.66 bits per heavy atom. The van der Waals surface area contributed by atoms with E-state index in [0.29, 0.717) is 29.3 Å². The van der Waals surface area contributed by atoms with E-state index in [4.69, 9.17) is 9.72 Å². The molecule has 5 heterocycles. The molecule has 1 N–H and O–H groups in total. The first-order chi connectivity index (χ1) is 28.0. The summed E-state index contributed by atoms with van der Waals surface area (Å²) < 4.78 is 76.0. The fourth-order valence-electron chi connectivity index (χ4n) is 8.05. The molecule has 19 heteroatoms. The first kappa shape index (κ1) is 40.0. The van der Waals surface area contributed by atoms with E-state index >= 15 is 0 Å². The quantitative estimate of drug-likeness (QED) is 0.146. The molecule has 3 aliphatic rings. The summed E-state index contributed by atoms with van der Waals surface area (Å²) in [6.45, 7) is 4.75. The second kappa shape index (κ2) is 14.5. The Bertz CT molecular complexity index is 2540. The van der Waals surface area contributed by atoms with Crippen molar-refractivity contribution in [3.63, 3.8) is 0 Å². The van der Waals surface area contributed by atoms with E-state index < -0.39 is 32.6 Å². The van der Waals surface area contributed by atoms with Gasteiger partial charge in [-0.2, -0.15) is 9.50 Å². The van der Waals surface area contributed by atoms with E-state index in [-0.39, 0.29) is 86.1 Å². The lowest BCUT2D eigenvalue weighted by molar-refractivity contribution is -0.119. The Hall–Kier alpha value is -5.85. The number of hydrogen-bond donors (Lipinski definition) is 1. The monoisotopic (exact) mass is 839 g/mol. The molecular weight excluding hydrogens is 798 g/mol. The van der Waals surface area contributed by atoms with E-state index in [0.717, 1.165) is 49.0 Å². The number of benzene rings is 2. The highest BCUT2D eigenvalue weighted by atomic mass is 32.5. The highest BCUT2D eigenvalue weighted by Crippen LogP contribution is 3.02. The molecule has 2 aliphatic heterocycles. The van der Waals surface area contributed by atoms with Crippen LogP contribution in [0.2, 0.25) is 0 Å². The van der Waals surface area contributed by atoms with Crippen LogP contribution >= 0.6 is 10.2 Å². The Labute approximate surface area is 335 Å². The minimum atomic E-state index is -9.93. The minimum Gasteiger partial charge on any atom is -0.485 e. The molecule has 1 fully saturated rings. The van der Waals surface area contributed by atoms with E-state index in [9.17, 15) is 33.8 Å². The molecule has 1 aliphatic carbocycles. The van der Waals surface area contributed by atoms with Crippen molar-refractivity contribution < 1.29 is 33.8 Å².